The molecule has 1 aliphatic carbocycles. The number of alkyl halides is 3. The summed E-state index contributed by atoms with van der Waals surface area (Å²) in [6.07, 6.45) is -0.0264. The van der Waals surface area contributed by atoms with E-state index >= 15 is 0 Å². The van der Waals surface area contributed by atoms with Crippen LogP contribution in [-0.4, -0.2) is 35.0 Å². The standard InChI is InChI=1S/C17H16F3N3O3/c1-26-16(25)13-10(8-22-14(13)15(24)23-11-3-4-11)6-9-2-5-12(21-7-9)17(18,19)20/h2,5,7-8,11,22H,3-4,6H2,1H3,(H,23,24). The number of nitrogens with zero attached hydrogens (tertiary/aromatic N) is 1. The molecule has 2 N–H and O–H groups in total. The molecule has 3 rings (SSSR count). The number of pyridine rings is 1. The maximum absolute atomic E-state index is 12.6. The van der Waals surface area contributed by atoms with Crippen LogP contribution in [0.1, 0.15) is 50.5 Å². The molecular formula is C17H16F3N3O3. The van der Waals surface area contributed by atoms with Gasteiger partial charge < -0.3 is 15.0 Å². The fraction of sp³-hybridized carbons (Fsp3) is 0.353. The van der Waals surface area contributed by atoms with Crippen LogP contribution in [0.15, 0.2) is 24.5 Å². The van der Waals surface area contributed by atoms with Crippen molar-refractivity contribution >= 4 is 11.9 Å². The maximum atomic E-state index is 12.6. The van der Waals surface area contributed by atoms with Crippen LogP contribution < -0.4 is 5.32 Å². The first-order valence-corrected chi connectivity index (χ1v) is 7.91. The normalized spacial score (nSPS) is 14.2. The fourth-order valence-electron chi connectivity index (χ4n) is 2.52. The lowest BCUT2D eigenvalue weighted by Crippen LogP contribution is -2.27. The minimum atomic E-state index is -4.52. The second kappa shape index (κ2) is 6.81. The third-order valence-corrected chi connectivity index (χ3v) is 4.00. The fourth-order valence-corrected chi connectivity index (χ4v) is 2.52. The summed E-state index contributed by atoms with van der Waals surface area (Å²) in [5.74, 6) is -1.10. The highest BCUT2D eigenvalue weighted by Crippen LogP contribution is 2.28. The van der Waals surface area contributed by atoms with Crippen molar-refractivity contribution in [3.8, 4) is 0 Å². The largest absolute Gasteiger partial charge is 0.465 e. The van der Waals surface area contributed by atoms with Crippen LogP contribution >= 0.6 is 0 Å². The number of hydrogen-bond acceptors (Lipinski definition) is 4. The van der Waals surface area contributed by atoms with Gasteiger partial charge >= 0.3 is 12.1 Å². The molecule has 1 aliphatic rings. The Labute approximate surface area is 146 Å². The summed E-state index contributed by atoms with van der Waals surface area (Å²) in [6.45, 7) is 0. The summed E-state index contributed by atoms with van der Waals surface area (Å²) in [5.41, 5.74) is 0.0767. The van der Waals surface area contributed by atoms with E-state index in [0.717, 1.165) is 25.1 Å². The summed E-state index contributed by atoms with van der Waals surface area (Å²) in [5, 5.41) is 2.78. The quantitative estimate of drug-likeness (QED) is 0.796. The molecule has 6 nitrogen and oxygen atoms in total. The molecule has 1 fully saturated rings. The van der Waals surface area contributed by atoms with Gasteiger partial charge in [0.2, 0.25) is 0 Å². The second-order valence-corrected chi connectivity index (χ2v) is 6.03. The molecule has 0 saturated heterocycles. The van der Waals surface area contributed by atoms with Crippen molar-refractivity contribution in [3.05, 3.63) is 52.6 Å². The Morgan fingerprint density at radius 1 is 1.35 bits per heavy atom. The Bertz CT molecular complexity index is 824. The van der Waals surface area contributed by atoms with Crippen LogP contribution in [0.3, 0.4) is 0 Å². The molecule has 0 spiro atoms. The molecule has 0 atom stereocenters. The van der Waals surface area contributed by atoms with E-state index in [9.17, 15) is 22.8 Å². The lowest BCUT2D eigenvalue weighted by Gasteiger charge is -2.08. The van der Waals surface area contributed by atoms with Gasteiger partial charge in [-0.05, 0) is 30.0 Å². The second-order valence-electron chi connectivity index (χ2n) is 6.03. The zero-order valence-electron chi connectivity index (χ0n) is 13.8. The SMILES string of the molecule is COC(=O)c1c(Cc2ccc(C(F)(F)F)nc2)c[nH]c1C(=O)NC1CC1. The predicted molar refractivity (Wildman–Crippen MR) is 84.7 cm³/mol. The molecule has 2 aromatic rings. The van der Waals surface area contributed by atoms with Crippen molar-refractivity contribution in [2.24, 2.45) is 0 Å². The van der Waals surface area contributed by atoms with E-state index in [0.29, 0.717) is 11.1 Å². The van der Waals surface area contributed by atoms with Gasteiger partial charge in [0.1, 0.15) is 11.4 Å². The van der Waals surface area contributed by atoms with E-state index in [2.05, 4.69) is 15.3 Å². The number of aromatic nitrogens is 2. The smallest absolute Gasteiger partial charge is 0.433 e. The molecule has 138 valence electrons. The van der Waals surface area contributed by atoms with Gasteiger partial charge in [-0.25, -0.2) is 4.79 Å². The minimum absolute atomic E-state index is 0.0746. The van der Waals surface area contributed by atoms with Gasteiger partial charge in [-0.2, -0.15) is 13.2 Å². The Morgan fingerprint density at radius 3 is 2.62 bits per heavy atom. The van der Waals surface area contributed by atoms with E-state index in [4.69, 9.17) is 4.74 Å². The maximum Gasteiger partial charge on any atom is 0.433 e. The lowest BCUT2D eigenvalue weighted by atomic mass is 10.0. The number of methoxy groups -OCH3 is 1. The number of amides is 1. The molecule has 9 heteroatoms. The highest BCUT2D eigenvalue weighted by molar-refractivity contribution is 6.05. The van der Waals surface area contributed by atoms with E-state index < -0.39 is 23.7 Å². The number of halogens is 3. The Hall–Kier alpha value is -2.84. The van der Waals surface area contributed by atoms with E-state index in [1.54, 1.807) is 0 Å². The summed E-state index contributed by atoms with van der Waals surface area (Å²) in [6, 6.07) is 2.27. The third kappa shape index (κ3) is 3.87. The van der Waals surface area contributed by atoms with Crippen molar-refractivity contribution < 1.29 is 27.5 Å². The summed E-state index contributed by atoms with van der Waals surface area (Å²) < 4.78 is 42.5. The van der Waals surface area contributed by atoms with Crippen LogP contribution in [0.25, 0.3) is 0 Å². The first-order valence-electron chi connectivity index (χ1n) is 7.91. The average molecular weight is 367 g/mol. The number of carbonyl (C=O) groups is 2. The molecule has 1 saturated carbocycles. The first kappa shape index (κ1) is 18.0. The van der Waals surface area contributed by atoms with Gasteiger partial charge in [-0.15, -0.1) is 0 Å². The van der Waals surface area contributed by atoms with Gasteiger partial charge in [0, 0.05) is 24.9 Å². The molecule has 2 aromatic heterocycles. The van der Waals surface area contributed by atoms with Crippen molar-refractivity contribution in [1.29, 1.82) is 0 Å². The third-order valence-electron chi connectivity index (χ3n) is 4.00. The minimum Gasteiger partial charge on any atom is -0.465 e. The molecule has 2 heterocycles. The number of H-pyrrole nitrogens is 1. The number of carbonyl (C=O) groups excluding carboxylic acids is 2. The summed E-state index contributed by atoms with van der Waals surface area (Å²) in [7, 11) is 1.20. The van der Waals surface area contributed by atoms with Crippen LogP contribution in [0.4, 0.5) is 13.2 Å². The zero-order chi connectivity index (χ0) is 18.9. The number of rotatable bonds is 5. The molecular weight excluding hydrogens is 351 g/mol. The first-order chi connectivity index (χ1) is 12.3. The van der Waals surface area contributed by atoms with Crippen LogP contribution in [0.5, 0.6) is 0 Å². The van der Waals surface area contributed by atoms with E-state index in [1.165, 1.54) is 19.4 Å². The molecule has 0 aromatic carbocycles. The molecule has 0 unspecified atom stereocenters. The zero-order valence-corrected chi connectivity index (χ0v) is 13.8. The van der Waals surface area contributed by atoms with Crippen molar-refractivity contribution in [3.63, 3.8) is 0 Å². The number of hydrogen-bond donors (Lipinski definition) is 2. The highest BCUT2D eigenvalue weighted by Gasteiger charge is 2.32. The van der Waals surface area contributed by atoms with Gasteiger partial charge in [0.15, 0.2) is 0 Å². The van der Waals surface area contributed by atoms with Crippen LogP contribution in [0, 0.1) is 0 Å². The average Bonchev–Trinajstić information content (AvgIpc) is 3.31. The van der Waals surface area contributed by atoms with Gasteiger partial charge in [-0.3, -0.25) is 9.78 Å². The summed E-state index contributed by atoms with van der Waals surface area (Å²) >= 11 is 0. The topological polar surface area (TPSA) is 84.1 Å². The van der Waals surface area contributed by atoms with Gasteiger partial charge in [0.25, 0.3) is 5.91 Å². The Morgan fingerprint density at radius 2 is 2.08 bits per heavy atom. The van der Waals surface area contributed by atoms with Crippen molar-refractivity contribution in [1.82, 2.24) is 15.3 Å². The van der Waals surface area contributed by atoms with Crippen molar-refractivity contribution in [2.45, 2.75) is 31.5 Å². The highest BCUT2D eigenvalue weighted by atomic mass is 19.4. The molecule has 0 bridgehead atoms. The lowest BCUT2D eigenvalue weighted by molar-refractivity contribution is -0.141. The number of ether oxygens (including phenoxy) is 1. The number of nitrogens with one attached hydrogen (secondary N) is 2. The van der Waals surface area contributed by atoms with Crippen LogP contribution in [-0.2, 0) is 17.3 Å². The molecule has 26 heavy (non-hydrogen) atoms. The Balaban J connectivity index is 1.86. The predicted octanol–water partition coefficient (Wildman–Crippen LogP) is 2.70. The summed E-state index contributed by atoms with van der Waals surface area (Å²) in [4.78, 5) is 30.5. The van der Waals surface area contributed by atoms with Crippen LogP contribution in [0.2, 0.25) is 0 Å². The van der Waals surface area contributed by atoms with E-state index in [1.807, 2.05) is 0 Å². The van der Waals surface area contributed by atoms with E-state index in [-0.39, 0.29) is 23.7 Å². The van der Waals surface area contributed by atoms with Gasteiger partial charge in [-0.1, -0.05) is 6.07 Å². The monoisotopic (exact) mass is 367 g/mol. The molecule has 1 amide bonds. The number of esters is 1. The molecule has 0 radical (unpaired) electrons. The Kier molecular flexibility index (Phi) is 4.71. The van der Waals surface area contributed by atoms with Crippen molar-refractivity contribution in [2.75, 3.05) is 7.11 Å². The molecule has 0 aliphatic heterocycles. The van der Waals surface area contributed by atoms with Gasteiger partial charge in [0.05, 0.1) is 12.7 Å². The number of aromatic amines is 1.